The minimum atomic E-state index is -0.610. The van der Waals surface area contributed by atoms with Crippen LogP contribution in [-0.2, 0) is 25.6 Å². The monoisotopic (exact) mass is 473 g/mol. The van der Waals surface area contributed by atoms with E-state index in [9.17, 15) is 14.4 Å². The number of nitrogens with zero attached hydrogens (tertiary/aromatic N) is 2. The lowest BCUT2D eigenvalue weighted by atomic mass is 10.0. The Morgan fingerprint density at radius 3 is 2.56 bits per heavy atom. The van der Waals surface area contributed by atoms with Gasteiger partial charge in [0.05, 0.1) is 26.4 Å². The van der Waals surface area contributed by atoms with Crippen LogP contribution in [0.25, 0.3) is 0 Å². The number of hydrogen-bond donors (Lipinski definition) is 3. The van der Waals surface area contributed by atoms with Crippen molar-refractivity contribution in [3.8, 4) is 0 Å². The van der Waals surface area contributed by atoms with Crippen LogP contribution in [0.4, 0.5) is 5.69 Å². The molecule has 0 radical (unpaired) electrons. The zero-order valence-corrected chi connectivity index (χ0v) is 19.6. The molecular formula is C24H35N5O5. The first-order chi connectivity index (χ1) is 16.5. The van der Waals surface area contributed by atoms with Gasteiger partial charge in [-0.25, -0.2) is 0 Å². The van der Waals surface area contributed by atoms with Crippen molar-refractivity contribution in [2.24, 2.45) is 5.73 Å². The van der Waals surface area contributed by atoms with Crippen LogP contribution in [0.2, 0.25) is 0 Å². The van der Waals surface area contributed by atoms with E-state index in [0.717, 1.165) is 43.7 Å². The summed E-state index contributed by atoms with van der Waals surface area (Å²) < 4.78 is 11.3. The topological polar surface area (TPSA) is 126 Å². The Bertz CT molecular complexity index is 887. The Hall–Kier alpha value is -2.53. The molecule has 3 heterocycles. The molecule has 1 aromatic rings. The van der Waals surface area contributed by atoms with E-state index in [1.807, 2.05) is 12.1 Å². The molecule has 1 atom stereocenters. The maximum Gasteiger partial charge on any atom is 0.255 e. The summed E-state index contributed by atoms with van der Waals surface area (Å²) in [6.45, 7) is 6.27. The maximum absolute atomic E-state index is 12.9. The Kier molecular flexibility index (Phi) is 8.49. The largest absolute Gasteiger partial charge is 0.382 e. The third kappa shape index (κ3) is 6.12. The van der Waals surface area contributed by atoms with Gasteiger partial charge in [0, 0.05) is 48.9 Å². The van der Waals surface area contributed by atoms with Crippen molar-refractivity contribution in [2.45, 2.75) is 44.3 Å². The van der Waals surface area contributed by atoms with E-state index in [-0.39, 0.29) is 18.2 Å². The standard InChI is InChI=1S/C24H35N5O5/c25-17-6-9-28(10-7-17)11-13-34-15-14-33-12-8-26-20-3-1-2-18-19(20)16-29(24(18)32)21-4-5-22(30)27-23(21)31/h1-3,17,21,26H,4-16,25H2,(H,27,30,31). The molecule has 3 amide bonds. The van der Waals surface area contributed by atoms with E-state index < -0.39 is 11.9 Å². The highest BCUT2D eigenvalue weighted by Crippen LogP contribution is 2.32. The third-order valence-electron chi connectivity index (χ3n) is 6.70. The molecular weight excluding hydrogens is 438 g/mol. The normalized spacial score (nSPS) is 21.6. The molecule has 34 heavy (non-hydrogen) atoms. The predicted molar refractivity (Wildman–Crippen MR) is 126 cm³/mol. The summed E-state index contributed by atoms with van der Waals surface area (Å²) in [4.78, 5) is 40.5. The molecule has 1 unspecified atom stereocenters. The van der Waals surface area contributed by atoms with Gasteiger partial charge in [0.2, 0.25) is 11.8 Å². The van der Waals surface area contributed by atoms with E-state index in [1.54, 1.807) is 11.0 Å². The van der Waals surface area contributed by atoms with E-state index in [0.29, 0.717) is 57.5 Å². The van der Waals surface area contributed by atoms with E-state index in [2.05, 4.69) is 15.5 Å². The number of imide groups is 1. The van der Waals surface area contributed by atoms with E-state index >= 15 is 0 Å². The number of likely N-dealkylation sites (tertiary alicyclic amines) is 1. The molecule has 4 N–H and O–H groups in total. The number of fused-ring (bicyclic) bond motifs is 1. The first-order valence-electron chi connectivity index (χ1n) is 12.2. The number of anilines is 1. The minimum absolute atomic E-state index is 0.172. The number of carbonyl (C=O) groups is 3. The smallest absolute Gasteiger partial charge is 0.255 e. The first kappa shape index (κ1) is 24.6. The molecule has 0 aromatic heterocycles. The summed E-state index contributed by atoms with van der Waals surface area (Å²) in [5.74, 6) is -0.859. The summed E-state index contributed by atoms with van der Waals surface area (Å²) in [6, 6.07) is 5.28. The maximum atomic E-state index is 12.9. The van der Waals surface area contributed by atoms with E-state index in [1.165, 1.54) is 0 Å². The molecule has 10 nitrogen and oxygen atoms in total. The van der Waals surface area contributed by atoms with Crippen molar-refractivity contribution >= 4 is 23.4 Å². The van der Waals surface area contributed by atoms with Gasteiger partial charge in [-0.3, -0.25) is 19.7 Å². The molecule has 10 heteroatoms. The number of amides is 3. The second-order valence-electron chi connectivity index (χ2n) is 9.06. The van der Waals surface area contributed by atoms with Crippen molar-refractivity contribution in [1.82, 2.24) is 15.1 Å². The van der Waals surface area contributed by atoms with Gasteiger partial charge >= 0.3 is 0 Å². The Morgan fingerprint density at radius 1 is 1.03 bits per heavy atom. The predicted octanol–water partition coefficient (Wildman–Crippen LogP) is 0.316. The van der Waals surface area contributed by atoms with Crippen molar-refractivity contribution in [3.05, 3.63) is 29.3 Å². The first-order valence-corrected chi connectivity index (χ1v) is 12.2. The Morgan fingerprint density at radius 2 is 1.79 bits per heavy atom. The number of rotatable bonds is 11. The van der Waals surface area contributed by atoms with Crippen LogP contribution < -0.4 is 16.4 Å². The second kappa shape index (κ2) is 11.7. The molecule has 2 saturated heterocycles. The zero-order valence-electron chi connectivity index (χ0n) is 19.6. The Labute approximate surface area is 200 Å². The van der Waals surface area contributed by atoms with Crippen LogP contribution >= 0.6 is 0 Å². The molecule has 0 saturated carbocycles. The van der Waals surface area contributed by atoms with Crippen LogP contribution in [0.5, 0.6) is 0 Å². The summed E-state index contributed by atoms with van der Waals surface area (Å²) in [5.41, 5.74) is 8.26. The van der Waals surface area contributed by atoms with E-state index in [4.69, 9.17) is 15.2 Å². The molecule has 1 aromatic carbocycles. The number of ether oxygens (including phenoxy) is 2. The highest BCUT2D eigenvalue weighted by Gasteiger charge is 2.39. The van der Waals surface area contributed by atoms with Crippen LogP contribution in [0.1, 0.15) is 41.6 Å². The second-order valence-corrected chi connectivity index (χ2v) is 9.06. The molecule has 4 rings (SSSR count). The molecule has 0 spiro atoms. The summed E-state index contributed by atoms with van der Waals surface area (Å²) in [7, 11) is 0. The van der Waals surface area contributed by atoms with Gasteiger partial charge in [0.25, 0.3) is 5.91 Å². The van der Waals surface area contributed by atoms with Crippen LogP contribution in [0.15, 0.2) is 18.2 Å². The number of piperidine rings is 2. The fraction of sp³-hybridized carbons (Fsp3) is 0.625. The number of hydrogen-bond acceptors (Lipinski definition) is 8. The fourth-order valence-electron chi connectivity index (χ4n) is 4.70. The van der Waals surface area contributed by atoms with Gasteiger partial charge in [0.15, 0.2) is 0 Å². The summed E-state index contributed by atoms with van der Waals surface area (Å²) in [6.07, 6.45) is 2.72. The lowest BCUT2D eigenvalue weighted by molar-refractivity contribution is -0.136. The number of carbonyl (C=O) groups excluding carboxylic acids is 3. The summed E-state index contributed by atoms with van der Waals surface area (Å²) >= 11 is 0. The van der Waals surface area contributed by atoms with Crippen molar-refractivity contribution in [3.63, 3.8) is 0 Å². The highest BCUT2D eigenvalue weighted by atomic mass is 16.5. The van der Waals surface area contributed by atoms with Gasteiger partial charge in [-0.1, -0.05) is 6.07 Å². The highest BCUT2D eigenvalue weighted by molar-refractivity contribution is 6.06. The minimum Gasteiger partial charge on any atom is -0.382 e. The van der Waals surface area contributed by atoms with Gasteiger partial charge in [0.1, 0.15) is 6.04 Å². The number of nitrogens with two attached hydrogens (primary N) is 1. The molecule has 3 aliphatic heterocycles. The number of nitrogens with one attached hydrogen (secondary N) is 2. The average molecular weight is 474 g/mol. The van der Waals surface area contributed by atoms with Crippen molar-refractivity contribution < 1.29 is 23.9 Å². The Balaban J connectivity index is 1.14. The zero-order chi connectivity index (χ0) is 23.9. The van der Waals surface area contributed by atoms with Crippen LogP contribution in [0, 0.1) is 0 Å². The number of benzene rings is 1. The molecule has 3 aliphatic rings. The lowest BCUT2D eigenvalue weighted by Crippen LogP contribution is -2.52. The van der Waals surface area contributed by atoms with Crippen molar-refractivity contribution in [1.29, 1.82) is 0 Å². The fourth-order valence-corrected chi connectivity index (χ4v) is 4.70. The molecule has 0 bridgehead atoms. The average Bonchev–Trinajstić information content (AvgIpc) is 3.16. The van der Waals surface area contributed by atoms with Crippen molar-refractivity contribution in [2.75, 3.05) is 57.9 Å². The molecule has 186 valence electrons. The molecule has 2 fully saturated rings. The lowest BCUT2D eigenvalue weighted by Gasteiger charge is -2.29. The van der Waals surface area contributed by atoms with Gasteiger partial charge in [-0.15, -0.1) is 0 Å². The molecule has 0 aliphatic carbocycles. The summed E-state index contributed by atoms with van der Waals surface area (Å²) in [5, 5.41) is 5.67. The van der Waals surface area contributed by atoms with Gasteiger partial charge in [-0.05, 0) is 44.5 Å². The van der Waals surface area contributed by atoms with Gasteiger partial charge < -0.3 is 30.3 Å². The van der Waals surface area contributed by atoms with Crippen LogP contribution in [0.3, 0.4) is 0 Å². The quantitative estimate of drug-likeness (QED) is 0.310. The third-order valence-corrected chi connectivity index (χ3v) is 6.70. The van der Waals surface area contributed by atoms with Gasteiger partial charge in [-0.2, -0.15) is 0 Å². The SMILES string of the molecule is NC1CCN(CCOCCOCCNc2cccc3c2CN(C2CCC(=O)NC2=O)C3=O)CC1. The van der Waals surface area contributed by atoms with Crippen LogP contribution in [-0.4, -0.2) is 92.2 Å².